The minimum Gasteiger partial charge on any atom is -0.481 e. The van der Waals surface area contributed by atoms with Gasteiger partial charge in [-0.05, 0) is 35.1 Å². The lowest BCUT2D eigenvalue weighted by atomic mass is 9.98. The molecular formula is C26H30N2O7. The summed E-state index contributed by atoms with van der Waals surface area (Å²) in [6, 6.07) is 14.5. The molecule has 2 amide bonds. The summed E-state index contributed by atoms with van der Waals surface area (Å²) in [6.45, 7) is 0.904. The van der Waals surface area contributed by atoms with Gasteiger partial charge in [0, 0.05) is 26.1 Å². The van der Waals surface area contributed by atoms with Crippen molar-refractivity contribution in [3.63, 3.8) is 0 Å². The minimum atomic E-state index is -1.07. The predicted octanol–water partition coefficient (Wildman–Crippen LogP) is 2.68. The fourth-order valence-corrected chi connectivity index (χ4v) is 4.74. The van der Waals surface area contributed by atoms with Crippen LogP contribution >= 0.6 is 0 Å². The van der Waals surface area contributed by atoms with Gasteiger partial charge in [-0.15, -0.1) is 0 Å². The van der Waals surface area contributed by atoms with Crippen LogP contribution in [0.2, 0.25) is 0 Å². The van der Waals surface area contributed by atoms with Gasteiger partial charge in [0.25, 0.3) is 0 Å². The number of carboxylic acids is 1. The number of fused-ring (bicyclic) bond motifs is 3. The van der Waals surface area contributed by atoms with Crippen molar-refractivity contribution in [2.45, 2.75) is 43.4 Å². The monoisotopic (exact) mass is 482 g/mol. The van der Waals surface area contributed by atoms with Crippen molar-refractivity contribution in [1.82, 2.24) is 10.6 Å². The molecule has 0 radical (unpaired) electrons. The van der Waals surface area contributed by atoms with Crippen molar-refractivity contribution in [1.29, 1.82) is 0 Å². The molecule has 2 aromatic rings. The largest absolute Gasteiger partial charge is 0.481 e. The first-order valence-electron chi connectivity index (χ1n) is 11.7. The number of benzene rings is 2. The fraction of sp³-hybridized carbons (Fsp3) is 0.423. The number of alkyl carbamates (subject to hydrolysis) is 1. The van der Waals surface area contributed by atoms with E-state index in [-0.39, 0.29) is 38.1 Å². The van der Waals surface area contributed by atoms with Crippen LogP contribution in [0, 0.1) is 0 Å². The molecule has 1 aliphatic carbocycles. The first-order valence-corrected chi connectivity index (χ1v) is 11.7. The molecule has 35 heavy (non-hydrogen) atoms. The van der Waals surface area contributed by atoms with Gasteiger partial charge in [0.05, 0.1) is 18.8 Å². The number of carbonyl (C=O) groups excluding carboxylic acids is 2. The number of aliphatic carboxylic acids is 1. The molecule has 2 aliphatic rings. The molecule has 2 aromatic carbocycles. The Morgan fingerprint density at radius 1 is 1.09 bits per heavy atom. The van der Waals surface area contributed by atoms with E-state index in [0.717, 1.165) is 22.3 Å². The Hall–Kier alpha value is -3.43. The van der Waals surface area contributed by atoms with Gasteiger partial charge in [0.1, 0.15) is 12.6 Å². The van der Waals surface area contributed by atoms with E-state index in [4.69, 9.17) is 19.3 Å². The SMILES string of the molecule is COC1CCOCC1NC(=O)C(CCC(=O)O)NC(=O)OCC1c2ccccc2-c2ccccc21. The molecule has 0 bridgehead atoms. The summed E-state index contributed by atoms with van der Waals surface area (Å²) in [5.41, 5.74) is 4.37. The molecule has 186 valence electrons. The Morgan fingerprint density at radius 2 is 1.74 bits per heavy atom. The van der Waals surface area contributed by atoms with Gasteiger partial charge in [-0.25, -0.2) is 4.79 Å². The molecule has 1 aliphatic heterocycles. The molecule has 1 fully saturated rings. The summed E-state index contributed by atoms with van der Waals surface area (Å²) in [4.78, 5) is 36.7. The van der Waals surface area contributed by atoms with E-state index in [0.29, 0.717) is 13.0 Å². The third kappa shape index (κ3) is 5.80. The van der Waals surface area contributed by atoms with E-state index >= 15 is 0 Å². The van der Waals surface area contributed by atoms with Gasteiger partial charge in [-0.1, -0.05) is 48.5 Å². The molecule has 9 nitrogen and oxygen atoms in total. The summed E-state index contributed by atoms with van der Waals surface area (Å²) in [5.74, 6) is -1.69. The maximum atomic E-state index is 12.9. The number of hydrogen-bond donors (Lipinski definition) is 3. The van der Waals surface area contributed by atoms with Crippen molar-refractivity contribution < 1.29 is 33.7 Å². The topological polar surface area (TPSA) is 123 Å². The molecule has 1 saturated heterocycles. The van der Waals surface area contributed by atoms with Crippen molar-refractivity contribution >= 4 is 18.0 Å². The lowest BCUT2D eigenvalue weighted by Gasteiger charge is -2.32. The Balaban J connectivity index is 1.40. The van der Waals surface area contributed by atoms with Gasteiger partial charge in [0.15, 0.2) is 0 Å². The third-order valence-corrected chi connectivity index (χ3v) is 6.52. The molecular weight excluding hydrogens is 452 g/mol. The van der Waals surface area contributed by atoms with Crippen LogP contribution in [0.1, 0.15) is 36.3 Å². The number of hydrogen-bond acceptors (Lipinski definition) is 6. The molecule has 9 heteroatoms. The molecule has 1 heterocycles. The van der Waals surface area contributed by atoms with Crippen LogP contribution in [-0.2, 0) is 23.8 Å². The number of ether oxygens (including phenoxy) is 3. The summed E-state index contributed by atoms with van der Waals surface area (Å²) in [6.07, 6.45) is -0.725. The number of methoxy groups -OCH3 is 1. The van der Waals surface area contributed by atoms with E-state index in [1.165, 1.54) is 0 Å². The van der Waals surface area contributed by atoms with Crippen LogP contribution in [0.15, 0.2) is 48.5 Å². The van der Waals surface area contributed by atoms with Gasteiger partial charge in [-0.3, -0.25) is 9.59 Å². The first-order chi connectivity index (χ1) is 17.0. The second-order valence-electron chi connectivity index (χ2n) is 8.71. The molecule has 0 spiro atoms. The highest BCUT2D eigenvalue weighted by molar-refractivity contribution is 5.86. The smallest absolute Gasteiger partial charge is 0.407 e. The van der Waals surface area contributed by atoms with E-state index in [1.54, 1.807) is 7.11 Å². The number of carboxylic acid groups (broad SMARTS) is 1. The van der Waals surface area contributed by atoms with Crippen LogP contribution < -0.4 is 10.6 Å². The number of nitrogens with one attached hydrogen (secondary N) is 2. The lowest BCUT2D eigenvalue weighted by molar-refractivity contribution is -0.137. The van der Waals surface area contributed by atoms with Gasteiger partial charge in [0.2, 0.25) is 5.91 Å². The molecule has 0 saturated carbocycles. The lowest BCUT2D eigenvalue weighted by Crippen LogP contribution is -2.56. The number of carbonyl (C=O) groups is 3. The molecule has 4 rings (SSSR count). The standard InChI is InChI=1S/C26H30N2O7/c1-33-23-12-13-34-15-22(23)27-25(31)21(10-11-24(29)30)28-26(32)35-14-20-18-8-4-2-6-16(18)17-7-3-5-9-19(17)20/h2-9,20-23H,10-15H2,1H3,(H,27,31)(H,28,32)(H,29,30). The zero-order valence-electron chi connectivity index (χ0n) is 19.6. The summed E-state index contributed by atoms with van der Waals surface area (Å²) >= 11 is 0. The van der Waals surface area contributed by atoms with E-state index in [2.05, 4.69) is 10.6 Å². The molecule has 3 atom stereocenters. The van der Waals surface area contributed by atoms with Crippen LogP contribution in [-0.4, -0.2) is 68.2 Å². The van der Waals surface area contributed by atoms with Crippen molar-refractivity contribution in [2.24, 2.45) is 0 Å². The average molecular weight is 483 g/mol. The van der Waals surface area contributed by atoms with E-state index < -0.39 is 30.1 Å². The maximum absolute atomic E-state index is 12.9. The summed E-state index contributed by atoms with van der Waals surface area (Å²) < 4.78 is 16.4. The second-order valence-corrected chi connectivity index (χ2v) is 8.71. The Labute approximate surface area is 203 Å². The average Bonchev–Trinajstić information content (AvgIpc) is 3.19. The fourth-order valence-electron chi connectivity index (χ4n) is 4.74. The Bertz CT molecular complexity index is 1030. The van der Waals surface area contributed by atoms with Crippen molar-refractivity contribution in [2.75, 3.05) is 26.9 Å². The summed E-state index contributed by atoms with van der Waals surface area (Å²) in [5, 5.41) is 14.5. The molecule has 3 N–H and O–H groups in total. The highest BCUT2D eigenvalue weighted by Crippen LogP contribution is 2.44. The van der Waals surface area contributed by atoms with Gasteiger partial charge in [-0.2, -0.15) is 0 Å². The zero-order valence-corrected chi connectivity index (χ0v) is 19.6. The van der Waals surface area contributed by atoms with Gasteiger partial charge >= 0.3 is 12.1 Å². The van der Waals surface area contributed by atoms with Crippen LogP contribution in [0.25, 0.3) is 11.1 Å². The normalized spacial score (nSPS) is 19.8. The molecule has 0 aromatic heterocycles. The summed E-state index contributed by atoms with van der Waals surface area (Å²) in [7, 11) is 1.56. The van der Waals surface area contributed by atoms with Crippen LogP contribution in [0.4, 0.5) is 4.79 Å². The third-order valence-electron chi connectivity index (χ3n) is 6.52. The number of rotatable bonds is 9. The highest BCUT2D eigenvalue weighted by atomic mass is 16.5. The van der Waals surface area contributed by atoms with E-state index in [1.807, 2.05) is 48.5 Å². The van der Waals surface area contributed by atoms with Crippen molar-refractivity contribution in [3.8, 4) is 11.1 Å². The van der Waals surface area contributed by atoms with Crippen molar-refractivity contribution in [3.05, 3.63) is 59.7 Å². The van der Waals surface area contributed by atoms with Crippen LogP contribution in [0.5, 0.6) is 0 Å². The zero-order chi connectivity index (χ0) is 24.8. The van der Waals surface area contributed by atoms with Gasteiger partial charge < -0.3 is 30.0 Å². The predicted molar refractivity (Wildman–Crippen MR) is 127 cm³/mol. The Kier molecular flexibility index (Phi) is 7.99. The first kappa shape index (κ1) is 24.7. The van der Waals surface area contributed by atoms with E-state index in [9.17, 15) is 14.4 Å². The number of amides is 2. The maximum Gasteiger partial charge on any atom is 0.407 e. The highest BCUT2D eigenvalue weighted by Gasteiger charge is 2.32. The van der Waals surface area contributed by atoms with Crippen LogP contribution in [0.3, 0.4) is 0 Å². The Morgan fingerprint density at radius 3 is 2.37 bits per heavy atom. The molecule has 3 unspecified atom stereocenters. The second kappa shape index (κ2) is 11.3. The quantitative estimate of drug-likeness (QED) is 0.502. The minimum absolute atomic E-state index is 0.0728.